The Hall–Kier alpha value is -2.37. The van der Waals surface area contributed by atoms with E-state index in [9.17, 15) is 9.90 Å². The van der Waals surface area contributed by atoms with Crippen molar-refractivity contribution in [3.05, 3.63) is 28.7 Å². The molecule has 0 bridgehead atoms. The number of H-pyrrole nitrogens is 2. The molecule has 0 aliphatic heterocycles. The Bertz CT molecular complexity index is 585. The number of aromatic hydroxyl groups is 1. The van der Waals surface area contributed by atoms with Gasteiger partial charge in [0.1, 0.15) is 5.69 Å². The number of rotatable bonds is 3. The second kappa shape index (κ2) is 4.25. The highest BCUT2D eigenvalue weighted by Crippen LogP contribution is 2.33. The maximum absolute atomic E-state index is 11.0. The van der Waals surface area contributed by atoms with E-state index in [0.29, 0.717) is 22.8 Å². The molecule has 0 saturated carbocycles. The number of aromatic amines is 2. The standard InChI is InChI=1S/C11H12N2O4/c1-16-7-4-3-6(5-8(7)17-2)9-10(14)13-11(15)12-9/h3-5,14H,1-2H3,(H2,12,13,15). The quantitative estimate of drug-likeness (QED) is 0.744. The number of hydrogen-bond donors (Lipinski definition) is 3. The number of methoxy groups -OCH3 is 2. The summed E-state index contributed by atoms with van der Waals surface area (Å²) in [5.41, 5.74) is 0.474. The van der Waals surface area contributed by atoms with E-state index in [-0.39, 0.29) is 5.88 Å². The SMILES string of the molecule is COc1ccc(-c2[nH]c(=O)[nH]c2O)cc1OC. The predicted molar refractivity (Wildman–Crippen MR) is 61.6 cm³/mol. The third kappa shape index (κ3) is 1.96. The Morgan fingerprint density at radius 1 is 1.12 bits per heavy atom. The van der Waals surface area contributed by atoms with Crippen LogP contribution in [-0.4, -0.2) is 29.3 Å². The van der Waals surface area contributed by atoms with E-state index in [1.807, 2.05) is 0 Å². The van der Waals surface area contributed by atoms with Crippen LogP contribution in [0, 0.1) is 0 Å². The third-order valence-corrected chi connectivity index (χ3v) is 2.38. The van der Waals surface area contributed by atoms with Crippen molar-refractivity contribution < 1.29 is 14.6 Å². The van der Waals surface area contributed by atoms with Gasteiger partial charge in [0.15, 0.2) is 11.5 Å². The third-order valence-electron chi connectivity index (χ3n) is 2.38. The van der Waals surface area contributed by atoms with Gasteiger partial charge < -0.3 is 19.6 Å². The molecule has 2 aromatic rings. The van der Waals surface area contributed by atoms with Crippen molar-refractivity contribution in [2.75, 3.05) is 14.2 Å². The molecule has 1 aromatic heterocycles. The zero-order chi connectivity index (χ0) is 12.4. The normalized spacial score (nSPS) is 10.2. The van der Waals surface area contributed by atoms with Crippen molar-refractivity contribution in [2.24, 2.45) is 0 Å². The van der Waals surface area contributed by atoms with Crippen LogP contribution in [0.15, 0.2) is 23.0 Å². The molecule has 2 rings (SSSR count). The second-order valence-corrected chi connectivity index (χ2v) is 3.37. The van der Waals surface area contributed by atoms with Crippen molar-refractivity contribution in [1.29, 1.82) is 0 Å². The van der Waals surface area contributed by atoms with Gasteiger partial charge in [-0.05, 0) is 18.2 Å². The fraction of sp³-hybridized carbons (Fsp3) is 0.182. The lowest BCUT2D eigenvalue weighted by atomic mass is 10.1. The minimum Gasteiger partial charge on any atom is -0.493 e. The number of ether oxygens (including phenoxy) is 2. The van der Waals surface area contributed by atoms with Gasteiger partial charge in [-0.15, -0.1) is 0 Å². The van der Waals surface area contributed by atoms with E-state index < -0.39 is 5.69 Å². The summed E-state index contributed by atoms with van der Waals surface area (Å²) in [6, 6.07) is 5.07. The molecule has 3 N–H and O–H groups in total. The molecule has 17 heavy (non-hydrogen) atoms. The van der Waals surface area contributed by atoms with E-state index in [0.717, 1.165) is 0 Å². The molecular formula is C11H12N2O4. The Labute approximate surface area is 96.8 Å². The van der Waals surface area contributed by atoms with Gasteiger partial charge in [0.05, 0.1) is 14.2 Å². The van der Waals surface area contributed by atoms with Gasteiger partial charge in [-0.3, -0.25) is 4.98 Å². The Morgan fingerprint density at radius 2 is 1.82 bits per heavy atom. The molecule has 0 amide bonds. The lowest BCUT2D eigenvalue weighted by Gasteiger charge is -2.08. The number of nitrogens with one attached hydrogen (secondary N) is 2. The molecule has 0 fully saturated rings. The molecule has 1 aromatic carbocycles. The van der Waals surface area contributed by atoms with Crippen LogP contribution in [0.4, 0.5) is 0 Å². The van der Waals surface area contributed by atoms with Crippen LogP contribution in [0.5, 0.6) is 17.4 Å². The number of aromatic nitrogens is 2. The van der Waals surface area contributed by atoms with E-state index in [4.69, 9.17) is 9.47 Å². The molecule has 90 valence electrons. The van der Waals surface area contributed by atoms with E-state index in [1.165, 1.54) is 14.2 Å². The summed E-state index contributed by atoms with van der Waals surface area (Å²) < 4.78 is 10.2. The summed E-state index contributed by atoms with van der Waals surface area (Å²) in [4.78, 5) is 15.8. The molecule has 0 unspecified atom stereocenters. The maximum atomic E-state index is 11.0. The van der Waals surface area contributed by atoms with E-state index in [1.54, 1.807) is 18.2 Å². The molecule has 6 heteroatoms. The molecule has 0 radical (unpaired) electrons. The number of hydrogen-bond acceptors (Lipinski definition) is 4. The Balaban J connectivity index is 2.53. The van der Waals surface area contributed by atoms with E-state index >= 15 is 0 Å². The average molecular weight is 236 g/mol. The highest BCUT2D eigenvalue weighted by atomic mass is 16.5. The monoisotopic (exact) mass is 236 g/mol. The van der Waals surface area contributed by atoms with Crippen LogP contribution in [0.25, 0.3) is 11.3 Å². The van der Waals surface area contributed by atoms with Crippen LogP contribution in [0.3, 0.4) is 0 Å². The van der Waals surface area contributed by atoms with Crippen LogP contribution in [0.1, 0.15) is 0 Å². The zero-order valence-electron chi connectivity index (χ0n) is 9.40. The van der Waals surface area contributed by atoms with Crippen molar-refractivity contribution in [1.82, 2.24) is 9.97 Å². The summed E-state index contributed by atoms with van der Waals surface area (Å²) >= 11 is 0. The molecule has 0 aliphatic rings. The van der Waals surface area contributed by atoms with Crippen molar-refractivity contribution in [3.8, 4) is 28.6 Å². The highest BCUT2D eigenvalue weighted by molar-refractivity contribution is 5.67. The summed E-state index contributed by atoms with van der Waals surface area (Å²) in [5, 5.41) is 9.52. The molecule has 0 aliphatic carbocycles. The van der Waals surface area contributed by atoms with Gasteiger partial charge in [0, 0.05) is 5.56 Å². The molecule has 0 saturated heterocycles. The first-order valence-electron chi connectivity index (χ1n) is 4.89. The fourth-order valence-electron chi connectivity index (χ4n) is 1.57. The number of benzene rings is 1. The predicted octanol–water partition coefficient (Wildman–Crippen LogP) is 1.09. The molecular weight excluding hydrogens is 224 g/mol. The summed E-state index contributed by atoms with van der Waals surface area (Å²) in [6.07, 6.45) is 0. The molecule has 6 nitrogen and oxygen atoms in total. The first-order chi connectivity index (χ1) is 8.15. The van der Waals surface area contributed by atoms with Gasteiger partial charge in [-0.1, -0.05) is 0 Å². The van der Waals surface area contributed by atoms with Crippen LogP contribution in [-0.2, 0) is 0 Å². The van der Waals surface area contributed by atoms with Crippen LogP contribution >= 0.6 is 0 Å². The minimum atomic E-state index is -0.465. The first-order valence-corrected chi connectivity index (χ1v) is 4.89. The van der Waals surface area contributed by atoms with Gasteiger partial charge in [-0.2, -0.15) is 0 Å². The molecule has 0 atom stereocenters. The van der Waals surface area contributed by atoms with Crippen LogP contribution in [0.2, 0.25) is 0 Å². The summed E-state index contributed by atoms with van der Waals surface area (Å²) in [7, 11) is 3.05. The topological polar surface area (TPSA) is 87.3 Å². The average Bonchev–Trinajstić information content (AvgIpc) is 2.67. The lowest BCUT2D eigenvalue weighted by Crippen LogP contribution is -2.00. The summed E-state index contributed by atoms with van der Waals surface area (Å²) in [6.45, 7) is 0. The van der Waals surface area contributed by atoms with Gasteiger partial charge >= 0.3 is 5.69 Å². The number of imidazole rings is 1. The van der Waals surface area contributed by atoms with Crippen LogP contribution < -0.4 is 15.2 Å². The minimum absolute atomic E-state index is 0.206. The smallest absolute Gasteiger partial charge is 0.326 e. The maximum Gasteiger partial charge on any atom is 0.326 e. The molecule has 0 spiro atoms. The van der Waals surface area contributed by atoms with E-state index in [2.05, 4.69) is 9.97 Å². The lowest BCUT2D eigenvalue weighted by molar-refractivity contribution is 0.355. The first kappa shape index (κ1) is 11.1. The summed E-state index contributed by atoms with van der Waals surface area (Å²) in [5.74, 6) is 0.891. The van der Waals surface area contributed by atoms with Crippen molar-refractivity contribution in [3.63, 3.8) is 0 Å². The zero-order valence-corrected chi connectivity index (χ0v) is 9.40. The van der Waals surface area contributed by atoms with Gasteiger partial charge in [0.2, 0.25) is 5.88 Å². The van der Waals surface area contributed by atoms with Gasteiger partial charge in [-0.25, -0.2) is 4.79 Å². The fourth-order valence-corrected chi connectivity index (χ4v) is 1.57. The van der Waals surface area contributed by atoms with Crippen molar-refractivity contribution in [2.45, 2.75) is 0 Å². The Morgan fingerprint density at radius 3 is 2.35 bits per heavy atom. The second-order valence-electron chi connectivity index (χ2n) is 3.37. The van der Waals surface area contributed by atoms with Gasteiger partial charge in [0.25, 0.3) is 0 Å². The van der Waals surface area contributed by atoms with Crippen molar-refractivity contribution >= 4 is 0 Å². The highest BCUT2D eigenvalue weighted by Gasteiger charge is 2.11. The largest absolute Gasteiger partial charge is 0.493 e. The Kier molecular flexibility index (Phi) is 2.78. The molecule has 1 heterocycles.